The lowest BCUT2D eigenvalue weighted by Gasteiger charge is -2.34. The standard InChI is InChI=1S/C15H25N5O/c1-13(2)4-7-16-12-14(21)19-8-10-20(11-9-19)15-17-5-3-6-18-15/h3,5-6,13,16H,4,7-12H2,1-2H3. The molecule has 1 aliphatic rings. The van der Waals surface area contributed by atoms with Crippen LogP contribution in [0.4, 0.5) is 5.95 Å². The number of anilines is 1. The van der Waals surface area contributed by atoms with Gasteiger partial charge in [-0.15, -0.1) is 0 Å². The molecule has 21 heavy (non-hydrogen) atoms. The van der Waals surface area contributed by atoms with Crippen LogP contribution in [-0.2, 0) is 4.79 Å². The van der Waals surface area contributed by atoms with Gasteiger partial charge < -0.3 is 15.1 Å². The molecule has 1 aromatic rings. The highest BCUT2D eigenvalue weighted by molar-refractivity contribution is 5.78. The summed E-state index contributed by atoms with van der Waals surface area (Å²) in [6.07, 6.45) is 4.60. The molecule has 1 saturated heterocycles. The van der Waals surface area contributed by atoms with E-state index in [2.05, 4.69) is 34.0 Å². The number of carbonyl (C=O) groups excluding carboxylic acids is 1. The molecule has 0 atom stereocenters. The summed E-state index contributed by atoms with van der Waals surface area (Å²) in [7, 11) is 0. The van der Waals surface area contributed by atoms with Gasteiger partial charge in [0, 0.05) is 38.6 Å². The Morgan fingerprint density at radius 3 is 2.52 bits per heavy atom. The average molecular weight is 291 g/mol. The van der Waals surface area contributed by atoms with E-state index in [1.165, 1.54) is 0 Å². The smallest absolute Gasteiger partial charge is 0.236 e. The summed E-state index contributed by atoms with van der Waals surface area (Å²) < 4.78 is 0. The molecule has 0 bridgehead atoms. The summed E-state index contributed by atoms with van der Waals surface area (Å²) in [5.41, 5.74) is 0. The van der Waals surface area contributed by atoms with Crippen molar-refractivity contribution >= 4 is 11.9 Å². The van der Waals surface area contributed by atoms with Crippen LogP contribution in [0, 0.1) is 5.92 Å². The van der Waals surface area contributed by atoms with Gasteiger partial charge in [0.1, 0.15) is 0 Å². The predicted molar refractivity (Wildman–Crippen MR) is 83.1 cm³/mol. The Labute approximate surface area is 126 Å². The number of aromatic nitrogens is 2. The topological polar surface area (TPSA) is 61.4 Å². The van der Waals surface area contributed by atoms with Crippen LogP contribution >= 0.6 is 0 Å². The van der Waals surface area contributed by atoms with Crippen molar-refractivity contribution in [2.75, 3.05) is 44.2 Å². The zero-order valence-corrected chi connectivity index (χ0v) is 13.0. The Balaban J connectivity index is 1.70. The molecule has 6 heteroatoms. The van der Waals surface area contributed by atoms with Gasteiger partial charge in [0.25, 0.3) is 0 Å². The van der Waals surface area contributed by atoms with Gasteiger partial charge >= 0.3 is 0 Å². The van der Waals surface area contributed by atoms with Crippen molar-refractivity contribution in [3.63, 3.8) is 0 Å². The Morgan fingerprint density at radius 1 is 1.24 bits per heavy atom. The molecule has 0 spiro atoms. The van der Waals surface area contributed by atoms with Crippen molar-refractivity contribution < 1.29 is 4.79 Å². The number of rotatable bonds is 6. The second kappa shape index (κ2) is 7.93. The first-order valence-corrected chi connectivity index (χ1v) is 7.67. The average Bonchev–Trinajstić information content (AvgIpc) is 2.52. The van der Waals surface area contributed by atoms with E-state index in [0.717, 1.165) is 45.1 Å². The second-order valence-electron chi connectivity index (χ2n) is 5.78. The van der Waals surface area contributed by atoms with Gasteiger partial charge in [0.05, 0.1) is 6.54 Å². The molecular weight excluding hydrogens is 266 g/mol. The van der Waals surface area contributed by atoms with Crippen LogP contribution in [0.1, 0.15) is 20.3 Å². The molecule has 0 radical (unpaired) electrons. The number of nitrogens with one attached hydrogen (secondary N) is 1. The van der Waals surface area contributed by atoms with Crippen LogP contribution in [0.15, 0.2) is 18.5 Å². The molecule has 2 heterocycles. The fourth-order valence-electron chi connectivity index (χ4n) is 2.31. The third-order valence-corrected chi connectivity index (χ3v) is 3.64. The lowest BCUT2D eigenvalue weighted by atomic mass is 10.1. The normalized spacial score (nSPS) is 15.6. The number of nitrogens with zero attached hydrogens (tertiary/aromatic N) is 4. The maximum atomic E-state index is 12.1. The van der Waals surface area contributed by atoms with E-state index < -0.39 is 0 Å². The summed E-state index contributed by atoms with van der Waals surface area (Å²) in [6, 6.07) is 1.81. The van der Waals surface area contributed by atoms with Gasteiger partial charge in [-0.1, -0.05) is 13.8 Å². The molecule has 1 N–H and O–H groups in total. The highest BCUT2D eigenvalue weighted by atomic mass is 16.2. The van der Waals surface area contributed by atoms with Crippen molar-refractivity contribution in [1.29, 1.82) is 0 Å². The molecule has 1 aromatic heterocycles. The molecule has 1 aliphatic heterocycles. The van der Waals surface area contributed by atoms with E-state index in [9.17, 15) is 4.79 Å². The number of hydrogen-bond donors (Lipinski definition) is 1. The SMILES string of the molecule is CC(C)CCNCC(=O)N1CCN(c2ncccn2)CC1. The van der Waals surface area contributed by atoms with Crippen LogP contribution in [0.5, 0.6) is 0 Å². The minimum atomic E-state index is 0.187. The summed E-state index contributed by atoms with van der Waals surface area (Å²) in [5.74, 6) is 1.61. The fourth-order valence-corrected chi connectivity index (χ4v) is 2.31. The van der Waals surface area contributed by atoms with Crippen molar-refractivity contribution in [2.45, 2.75) is 20.3 Å². The van der Waals surface area contributed by atoms with Gasteiger partial charge in [-0.05, 0) is 24.9 Å². The Bertz CT molecular complexity index is 429. The maximum Gasteiger partial charge on any atom is 0.236 e. The molecule has 0 unspecified atom stereocenters. The van der Waals surface area contributed by atoms with E-state index in [1.807, 2.05) is 11.0 Å². The van der Waals surface area contributed by atoms with Gasteiger partial charge in [0.2, 0.25) is 11.9 Å². The zero-order valence-electron chi connectivity index (χ0n) is 13.0. The molecule has 1 fully saturated rings. The van der Waals surface area contributed by atoms with Gasteiger partial charge in [0.15, 0.2) is 0 Å². The predicted octanol–water partition coefficient (Wildman–Crippen LogP) is 0.761. The van der Waals surface area contributed by atoms with Gasteiger partial charge in [-0.2, -0.15) is 0 Å². The Morgan fingerprint density at radius 2 is 1.90 bits per heavy atom. The largest absolute Gasteiger partial charge is 0.338 e. The minimum absolute atomic E-state index is 0.187. The molecule has 0 saturated carbocycles. The first-order valence-electron chi connectivity index (χ1n) is 7.67. The molecule has 1 amide bonds. The van der Waals surface area contributed by atoms with Crippen LogP contribution in [0.2, 0.25) is 0 Å². The molecule has 0 aromatic carbocycles. The van der Waals surface area contributed by atoms with Crippen LogP contribution in [0.3, 0.4) is 0 Å². The first kappa shape index (κ1) is 15.7. The number of hydrogen-bond acceptors (Lipinski definition) is 5. The summed E-state index contributed by atoms with van der Waals surface area (Å²) >= 11 is 0. The van der Waals surface area contributed by atoms with E-state index >= 15 is 0 Å². The van der Waals surface area contributed by atoms with Gasteiger partial charge in [-0.3, -0.25) is 4.79 Å². The maximum absolute atomic E-state index is 12.1. The van der Waals surface area contributed by atoms with E-state index in [4.69, 9.17) is 0 Å². The van der Waals surface area contributed by atoms with Crippen molar-refractivity contribution in [2.24, 2.45) is 5.92 Å². The molecule has 2 rings (SSSR count). The highest BCUT2D eigenvalue weighted by Crippen LogP contribution is 2.09. The number of carbonyl (C=O) groups is 1. The molecular formula is C15H25N5O. The van der Waals surface area contributed by atoms with E-state index in [1.54, 1.807) is 12.4 Å². The molecule has 0 aliphatic carbocycles. The molecule has 6 nitrogen and oxygen atoms in total. The van der Waals surface area contributed by atoms with Crippen LogP contribution in [-0.4, -0.2) is 60.0 Å². The third-order valence-electron chi connectivity index (χ3n) is 3.64. The number of amides is 1. The number of piperazine rings is 1. The van der Waals surface area contributed by atoms with Crippen molar-refractivity contribution in [3.8, 4) is 0 Å². The summed E-state index contributed by atoms with van der Waals surface area (Å²) in [4.78, 5) is 24.6. The van der Waals surface area contributed by atoms with Crippen molar-refractivity contribution in [3.05, 3.63) is 18.5 Å². The third kappa shape index (κ3) is 4.97. The molecule has 116 valence electrons. The fraction of sp³-hybridized carbons (Fsp3) is 0.667. The second-order valence-corrected chi connectivity index (χ2v) is 5.78. The summed E-state index contributed by atoms with van der Waals surface area (Å²) in [5, 5.41) is 3.23. The zero-order chi connectivity index (χ0) is 15.1. The lowest BCUT2D eigenvalue weighted by Crippen LogP contribution is -2.51. The minimum Gasteiger partial charge on any atom is -0.338 e. The Kier molecular flexibility index (Phi) is 5.92. The van der Waals surface area contributed by atoms with Gasteiger partial charge in [-0.25, -0.2) is 9.97 Å². The summed E-state index contributed by atoms with van der Waals surface area (Å²) in [6.45, 7) is 8.79. The lowest BCUT2D eigenvalue weighted by molar-refractivity contribution is -0.130. The monoisotopic (exact) mass is 291 g/mol. The quantitative estimate of drug-likeness (QED) is 0.784. The first-order chi connectivity index (χ1) is 10.2. The van der Waals surface area contributed by atoms with Crippen LogP contribution < -0.4 is 10.2 Å². The highest BCUT2D eigenvalue weighted by Gasteiger charge is 2.21. The van der Waals surface area contributed by atoms with Crippen molar-refractivity contribution in [1.82, 2.24) is 20.2 Å². The van der Waals surface area contributed by atoms with E-state index in [0.29, 0.717) is 12.5 Å². The Hall–Kier alpha value is -1.69. The van der Waals surface area contributed by atoms with Crippen LogP contribution in [0.25, 0.3) is 0 Å². The van der Waals surface area contributed by atoms with E-state index in [-0.39, 0.29) is 5.91 Å².